The van der Waals surface area contributed by atoms with Crippen LogP contribution in [0.5, 0.6) is 0 Å². The number of hydrogen-bond acceptors (Lipinski definition) is 0. The third-order valence-electron chi connectivity index (χ3n) is 1.40. The van der Waals surface area contributed by atoms with E-state index in [1.807, 2.05) is 0 Å². The van der Waals surface area contributed by atoms with Crippen molar-refractivity contribution in [3.63, 3.8) is 0 Å². The van der Waals surface area contributed by atoms with Crippen LogP contribution in [0, 0.1) is 7.43 Å². The van der Waals surface area contributed by atoms with Gasteiger partial charge in [0.25, 0.3) is 0 Å². The van der Waals surface area contributed by atoms with E-state index in [2.05, 4.69) is 51.1 Å². The van der Waals surface area contributed by atoms with Gasteiger partial charge < -0.3 is 7.43 Å². The Morgan fingerprint density at radius 1 is 1.00 bits per heavy atom. The van der Waals surface area contributed by atoms with Crippen LogP contribution in [-0.2, 0) is 0 Å². The van der Waals surface area contributed by atoms with E-state index < -0.39 is 0 Å². The summed E-state index contributed by atoms with van der Waals surface area (Å²) < 4.78 is 2.15. The molecule has 0 aliphatic heterocycles. The molecule has 0 bridgehead atoms. The van der Waals surface area contributed by atoms with Crippen molar-refractivity contribution in [2.24, 2.45) is 0 Å². The molecule has 0 atom stereocenters. The van der Waals surface area contributed by atoms with E-state index >= 15 is 0 Å². The molecule has 0 amide bonds. The molecule has 67 valence electrons. The molecule has 2 heteroatoms. The van der Waals surface area contributed by atoms with E-state index in [1.165, 1.54) is 0 Å². The summed E-state index contributed by atoms with van der Waals surface area (Å²) in [6.07, 6.45) is 0. The molecule has 0 nitrogen and oxygen atoms in total. The average molecular weight is 230 g/mol. The van der Waals surface area contributed by atoms with E-state index in [-0.39, 0.29) is 41.7 Å². The summed E-state index contributed by atoms with van der Waals surface area (Å²) in [5, 5.41) is 0. The van der Waals surface area contributed by atoms with E-state index in [9.17, 15) is 0 Å². The van der Waals surface area contributed by atoms with E-state index in [0.717, 1.165) is 0 Å². The molecule has 1 aromatic rings. The van der Waals surface area contributed by atoms with Crippen molar-refractivity contribution in [3.05, 3.63) is 37.8 Å². The zero-order valence-electron chi connectivity index (χ0n) is 9.46. The summed E-state index contributed by atoms with van der Waals surface area (Å²) >= 11 is -0.227. The first kappa shape index (κ1) is 15.8. The molecule has 0 saturated heterocycles. The van der Waals surface area contributed by atoms with Crippen LogP contribution < -0.4 is 23.3 Å². The summed E-state index contributed by atoms with van der Waals surface area (Å²) in [4.78, 5) is 0. The van der Waals surface area contributed by atoms with Crippen LogP contribution in [0.3, 0.4) is 0 Å². The van der Waals surface area contributed by atoms with Crippen LogP contribution in [0.1, 0.15) is 20.8 Å². The van der Waals surface area contributed by atoms with Crippen LogP contribution in [0.2, 0.25) is 4.25 Å². The molecule has 0 aromatic heterocycles. The van der Waals surface area contributed by atoms with Crippen LogP contribution in [0.15, 0.2) is 30.3 Å². The van der Waals surface area contributed by atoms with Gasteiger partial charge >= 0.3 is 94.0 Å². The van der Waals surface area contributed by atoms with Crippen molar-refractivity contribution in [2.45, 2.75) is 25.0 Å². The zero-order chi connectivity index (χ0) is 8.32. The predicted octanol–water partition coefficient (Wildman–Crippen LogP) is -0.579. The summed E-state index contributed by atoms with van der Waals surface area (Å²) in [6.45, 7) is 7.00. The van der Waals surface area contributed by atoms with E-state index in [4.69, 9.17) is 0 Å². The molecule has 0 saturated carbocycles. The Morgan fingerprint density at radius 3 is 1.85 bits per heavy atom. The van der Waals surface area contributed by atoms with Gasteiger partial charge in [0.2, 0.25) is 0 Å². The minimum atomic E-state index is -0.227. The van der Waals surface area contributed by atoms with Gasteiger partial charge in [-0.25, -0.2) is 0 Å². The maximum absolute atomic E-state index is 2.33. The smallest absolute Gasteiger partial charge is 0.358 e. The Balaban J connectivity index is 0. The van der Waals surface area contributed by atoms with Gasteiger partial charge in [-0.15, -0.1) is 0 Å². The van der Waals surface area contributed by atoms with Crippen LogP contribution in [0.4, 0.5) is 0 Å². The van der Waals surface area contributed by atoms with Crippen molar-refractivity contribution in [2.75, 3.05) is 0 Å². The summed E-state index contributed by atoms with van der Waals surface area (Å²) in [6, 6.07) is 10.9. The molecule has 0 fully saturated rings. The van der Waals surface area contributed by atoms with Crippen molar-refractivity contribution in [1.29, 1.82) is 0 Å². The Labute approximate surface area is 101 Å². The molecule has 0 heterocycles. The maximum atomic E-state index is 2.33. The molecule has 0 N–H and O–H groups in total. The van der Waals surface area contributed by atoms with Gasteiger partial charge in [-0.1, -0.05) is 0 Å². The van der Waals surface area contributed by atoms with Gasteiger partial charge in [0, 0.05) is 0 Å². The molecule has 0 unspecified atom stereocenters. The van der Waals surface area contributed by atoms with Crippen LogP contribution >= 0.6 is 0 Å². The van der Waals surface area contributed by atoms with Crippen molar-refractivity contribution < 1.29 is 18.9 Å². The molecule has 1 rings (SSSR count). The summed E-state index contributed by atoms with van der Waals surface area (Å²) in [5.41, 5.74) is 0. The van der Waals surface area contributed by atoms with Gasteiger partial charge in [0.15, 0.2) is 0 Å². The molecule has 13 heavy (non-hydrogen) atoms. The fraction of sp³-hybridized carbons (Fsp3) is 0.364. The van der Waals surface area contributed by atoms with Gasteiger partial charge in [-0.05, 0) is 0 Å². The third kappa shape index (κ3) is 7.43. The molecular weight excluding hydrogens is 212 g/mol. The second kappa shape index (κ2) is 6.76. The number of rotatable bonds is 1. The molecule has 1 aromatic carbocycles. The first-order valence-corrected chi connectivity index (χ1v) is 6.41. The van der Waals surface area contributed by atoms with E-state index in [0.29, 0.717) is 4.25 Å². The Bertz CT molecular complexity index is 213. The normalized spacial score (nSPS) is 9.77. The van der Waals surface area contributed by atoms with Crippen LogP contribution in [0.25, 0.3) is 0 Å². The van der Waals surface area contributed by atoms with Crippen molar-refractivity contribution in [3.8, 4) is 0 Å². The van der Waals surface area contributed by atoms with Gasteiger partial charge in [0.1, 0.15) is 0 Å². The van der Waals surface area contributed by atoms with Gasteiger partial charge in [0.05, 0.1) is 0 Å². The van der Waals surface area contributed by atoms with E-state index in [1.54, 1.807) is 4.40 Å². The largest absolute Gasteiger partial charge is 1.00 e. The standard InChI is InChI=1S/C10H15Ge.CH3.Li/c1-10(2,3)11-9-7-5-4-6-8-9;;/h4-8,11H,1-3H3;1H3;/q;-1;+1. The molecule has 0 spiro atoms. The predicted molar refractivity (Wildman–Crippen MR) is 59.4 cm³/mol. The molecular formula is C11H18GeLi. The van der Waals surface area contributed by atoms with Gasteiger partial charge in [-0.3, -0.25) is 0 Å². The minimum absolute atomic E-state index is 0. The zero-order valence-corrected chi connectivity index (χ0v) is 11.9. The average Bonchev–Trinajstić information content (AvgIpc) is 1.85. The van der Waals surface area contributed by atoms with Crippen LogP contribution in [-0.4, -0.2) is 15.4 Å². The summed E-state index contributed by atoms with van der Waals surface area (Å²) in [7, 11) is 0. The topological polar surface area (TPSA) is 0 Å². The fourth-order valence-corrected chi connectivity index (χ4v) is 4.02. The monoisotopic (exact) mass is 231 g/mol. The first-order chi connectivity index (χ1) is 5.08. The third-order valence-corrected chi connectivity index (χ3v) is 4.72. The second-order valence-electron chi connectivity index (χ2n) is 3.92. The maximum Gasteiger partial charge on any atom is 1.00 e. The van der Waals surface area contributed by atoms with Gasteiger partial charge in [-0.2, -0.15) is 0 Å². The summed E-state index contributed by atoms with van der Waals surface area (Å²) in [5.74, 6) is 0. The quantitative estimate of drug-likeness (QED) is 0.447. The minimum Gasteiger partial charge on any atom is -0.358 e. The molecule has 0 aliphatic rings. The Morgan fingerprint density at radius 2 is 1.46 bits per heavy atom. The number of hydrogen-bond donors (Lipinski definition) is 0. The molecule has 0 aliphatic carbocycles. The number of benzene rings is 1. The molecule has 1 radical (unpaired) electrons. The van der Waals surface area contributed by atoms with Crippen molar-refractivity contribution in [1.82, 2.24) is 0 Å². The Hall–Kier alpha value is 0.360. The Kier molecular flexibility index (Phi) is 8.23. The second-order valence-corrected chi connectivity index (χ2v) is 9.56. The SMILES string of the molecule is C[C](C)(C)[GeH][c]1ccccc1.[CH3-].[Li+]. The first-order valence-electron chi connectivity index (χ1n) is 3.99. The van der Waals surface area contributed by atoms with Crippen molar-refractivity contribution >= 4 is 19.8 Å². The fourth-order valence-electron chi connectivity index (χ4n) is 1.05.